The lowest BCUT2D eigenvalue weighted by Gasteiger charge is -2.06. The molecule has 172 valence electrons. The van der Waals surface area contributed by atoms with Crippen LogP contribution in [0.5, 0.6) is 0 Å². The minimum absolute atomic E-state index is 0.0202. The number of nitrogens with one attached hydrogen (secondary N) is 1. The van der Waals surface area contributed by atoms with E-state index >= 15 is 0 Å². The van der Waals surface area contributed by atoms with Crippen molar-refractivity contribution in [3.8, 4) is 11.3 Å². The largest absolute Gasteiger partial charge is 0.289 e. The Hall–Kier alpha value is -4.04. The molecule has 0 fully saturated rings. The second kappa shape index (κ2) is 10.3. The van der Waals surface area contributed by atoms with Crippen LogP contribution in [0.1, 0.15) is 28.4 Å². The number of hydrogen-bond donors (Lipinski definition) is 1. The number of sulfonamides is 1. The molecule has 0 spiro atoms. The summed E-state index contributed by atoms with van der Waals surface area (Å²) in [6.45, 7) is 2.16. The molecule has 0 radical (unpaired) electrons. The number of rotatable bonds is 9. The minimum Gasteiger partial charge on any atom is -0.289 e. The van der Waals surface area contributed by atoms with Crippen molar-refractivity contribution < 1.29 is 13.2 Å². The van der Waals surface area contributed by atoms with Gasteiger partial charge in [-0.05, 0) is 61.0 Å². The van der Waals surface area contributed by atoms with Gasteiger partial charge in [-0.25, -0.2) is 8.42 Å². The van der Waals surface area contributed by atoms with E-state index in [1.165, 1.54) is 6.08 Å². The van der Waals surface area contributed by atoms with Crippen LogP contribution in [-0.4, -0.2) is 34.7 Å². The smallest absolute Gasteiger partial charge is 0.232 e. The second-order valence-electron chi connectivity index (χ2n) is 7.64. The molecule has 4 rings (SSSR count). The summed E-state index contributed by atoms with van der Waals surface area (Å²) in [6.07, 6.45) is 8.59. The third-order valence-corrected chi connectivity index (χ3v) is 6.46. The van der Waals surface area contributed by atoms with Gasteiger partial charge in [0.25, 0.3) is 0 Å². The van der Waals surface area contributed by atoms with Gasteiger partial charge in [0.05, 0.1) is 12.3 Å². The molecule has 7 nitrogen and oxygen atoms in total. The number of benzene rings is 2. The Bertz CT molecular complexity index is 1400. The van der Waals surface area contributed by atoms with Crippen LogP contribution in [0, 0.1) is 0 Å². The first-order valence-corrected chi connectivity index (χ1v) is 12.4. The minimum atomic E-state index is -3.37. The molecule has 0 bridgehead atoms. The van der Waals surface area contributed by atoms with Crippen LogP contribution in [0.2, 0.25) is 0 Å². The predicted octanol–water partition coefficient (Wildman–Crippen LogP) is 4.65. The summed E-state index contributed by atoms with van der Waals surface area (Å²) in [4.78, 5) is 16.9. The van der Waals surface area contributed by atoms with E-state index in [0.29, 0.717) is 17.8 Å². The topological polar surface area (TPSA) is 94.0 Å². The van der Waals surface area contributed by atoms with Crippen molar-refractivity contribution >= 4 is 27.6 Å². The van der Waals surface area contributed by atoms with Crippen LogP contribution < -0.4 is 4.72 Å². The average molecular weight is 473 g/mol. The highest BCUT2D eigenvalue weighted by Crippen LogP contribution is 2.23. The standard InChI is InChI=1S/C26H24N4O3S/c1-2-34(32,33)29-24-13-10-21(11-14-24)25(31)15-12-23-19-30(18-20-7-4-3-5-8-20)28-26(23)22-9-6-16-27-17-22/h3-17,19,29H,2,18H2,1H3/b15-12+. The van der Waals surface area contributed by atoms with E-state index < -0.39 is 10.0 Å². The predicted molar refractivity (Wildman–Crippen MR) is 134 cm³/mol. The fourth-order valence-electron chi connectivity index (χ4n) is 3.35. The average Bonchev–Trinajstić information content (AvgIpc) is 3.26. The number of carbonyl (C=O) groups excluding carboxylic acids is 1. The highest BCUT2D eigenvalue weighted by atomic mass is 32.2. The lowest BCUT2D eigenvalue weighted by Crippen LogP contribution is -2.14. The summed E-state index contributed by atoms with van der Waals surface area (Å²) in [6, 6.07) is 20.1. The fraction of sp³-hybridized carbons (Fsp3) is 0.115. The Morgan fingerprint density at radius 1 is 1.03 bits per heavy atom. The van der Waals surface area contributed by atoms with Crippen LogP contribution in [0.4, 0.5) is 5.69 Å². The number of hydrogen-bond acceptors (Lipinski definition) is 5. The molecular weight excluding hydrogens is 448 g/mol. The summed E-state index contributed by atoms with van der Waals surface area (Å²) in [7, 11) is -3.37. The van der Waals surface area contributed by atoms with Gasteiger partial charge >= 0.3 is 0 Å². The van der Waals surface area contributed by atoms with Crippen molar-refractivity contribution in [1.29, 1.82) is 0 Å². The third-order valence-electron chi connectivity index (χ3n) is 5.15. The molecule has 0 amide bonds. The van der Waals surface area contributed by atoms with Gasteiger partial charge in [0.1, 0.15) is 5.69 Å². The Balaban J connectivity index is 1.57. The van der Waals surface area contributed by atoms with Gasteiger partial charge < -0.3 is 0 Å². The molecule has 2 heterocycles. The normalized spacial score (nSPS) is 11.6. The van der Waals surface area contributed by atoms with Gasteiger partial charge in [-0.15, -0.1) is 0 Å². The highest BCUT2D eigenvalue weighted by molar-refractivity contribution is 7.92. The van der Waals surface area contributed by atoms with E-state index in [2.05, 4.69) is 9.71 Å². The molecule has 2 aromatic carbocycles. The van der Waals surface area contributed by atoms with E-state index in [1.807, 2.05) is 53.3 Å². The van der Waals surface area contributed by atoms with Crippen molar-refractivity contribution in [1.82, 2.24) is 14.8 Å². The molecule has 0 aliphatic carbocycles. The van der Waals surface area contributed by atoms with Crippen LogP contribution in [0.15, 0.2) is 91.4 Å². The lowest BCUT2D eigenvalue weighted by atomic mass is 10.1. The van der Waals surface area contributed by atoms with Crippen molar-refractivity contribution in [2.45, 2.75) is 13.5 Å². The molecule has 0 aliphatic heterocycles. The molecule has 0 atom stereocenters. The second-order valence-corrected chi connectivity index (χ2v) is 9.65. The van der Waals surface area contributed by atoms with E-state index in [4.69, 9.17) is 5.10 Å². The van der Waals surface area contributed by atoms with Crippen LogP contribution in [0.25, 0.3) is 17.3 Å². The fourth-order valence-corrected chi connectivity index (χ4v) is 3.99. The zero-order valence-electron chi connectivity index (χ0n) is 18.6. The van der Waals surface area contributed by atoms with Crippen molar-refractivity contribution in [2.75, 3.05) is 10.5 Å². The van der Waals surface area contributed by atoms with E-state index in [9.17, 15) is 13.2 Å². The van der Waals surface area contributed by atoms with E-state index in [0.717, 1.165) is 22.4 Å². The van der Waals surface area contributed by atoms with Crippen LogP contribution >= 0.6 is 0 Å². The molecule has 1 N–H and O–H groups in total. The molecule has 2 aromatic heterocycles. The van der Waals surface area contributed by atoms with Gasteiger partial charge in [0.2, 0.25) is 10.0 Å². The zero-order valence-corrected chi connectivity index (χ0v) is 19.4. The Kier molecular flexibility index (Phi) is 6.98. The maximum Gasteiger partial charge on any atom is 0.232 e. The number of nitrogens with zero attached hydrogens (tertiary/aromatic N) is 3. The van der Waals surface area contributed by atoms with Crippen molar-refractivity contribution in [3.05, 3.63) is 108 Å². The summed E-state index contributed by atoms with van der Waals surface area (Å²) in [5, 5.41) is 4.73. The van der Waals surface area contributed by atoms with Crippen LogP contribution in [-0.2, 0) is 16.6 Å². The molecule has 0 saturated heterocycles. The number of anilines is 1. The molecular formula is C26H24N4O3S. The summed E-state index contributed by atoms with van der Waals surface area (Å²) < 4.78 is 27.7. The van der Waals surface area contributed by atoms with Gasteiger partial charge in [-0.1, -0.05) is 30.3 Å². The van der Waals surface area contributed by atoms with Gasteiger partial charge in [0, 0.05) is 41.0 Å². The maximum atomic E-state index is 12.8. The molecule has 0 saturated carbocycles. The summed E-state index contributed by atoms with van der Waals surface area (Å²) >= 11 is 0. The lowest BCUT2D eigenvalue weighted by molar-refractivity contribution is 0.104. The monoisotopic (exact) mass is 472 g/mol. The zero-order chi connectivity index (χ0) is 24.0. The van der Waals surface area contributed by atoms with Gasteiger partial charge in [-0.2, -0.15) is 5.10 Å². The number of aromatic nitrogens is 3. The Labute approximate surface area is 198 Å². The number of ketones is 1. The van der Waals surface area contributed by atoms with Gasteiger partial charge in [0.15, 0.2) is 5.78 Å². The number of pyridine rings is 1. The first kappa shape index (κ1) is 23.1. The Morgan fingerprint density at radius 3 is 2.47 bits per heavy atom. The first-order chi connectivity index (χ1) is 16.4. The third kappa shape index (κ3) is 5.85. The highest BCUT2D eigenvalue weighted by Gasteiger charge is 2.12. The SMILES string of the molecule is CCS(=O)(=O)Nc1ccc(C(=O)/C=C/c2cn(Cc3ccccc3)nc2-c2cccnc2)cc1. The molecule has 0 unspecified atom stereocenters. The molecule has 8 heteroatoms. The van der Waals surface area contributed by atoms with Crippen molar-refractivity contribution in [3.63, 3.8) is 0 Å². The maximum absolute atomic E-state index is 12.8. The van der Waals surface area contributed by atoms with Crippen LogP contribution in [0.3, 0.4) is 0 Å². The quantitative estimate of drug-likeness (QED) is 0.283. The van der Waals surface area contributed by atoms with E-state index in [-0.39, 0.29) is 11.5 Å². The molecule has 4 aromatic rings. The summed E-state index contributed by atoms with van der Waals surface area (Å²) in [5.74, 6) is -0.217. The van der Waals surface area contributed by atoms with E-state index in [1.54, 1.807) is 49.7 Å². The molecule has 34 heavy (non-hydrogen) atoms. The van der Waals surface area contributed by atoms with Crippen molar-refractivity contribution in [2.24, 2.45) is 0 Å². The Morgan fingerprint density at radius 2 is 1.79 bits per heavy atom. The number of carbonyl (C=O) groups is 1. The first-order valence-electron chi connectivity index (χ1n) is 10.8. The number of allylic oxidation sites excluding steroid dienone is 1. The molecule has 0 aliphatic rings. The summed E-state index contributed by atoms with van der Waals surface area (Å²) in [5.41, 5.74) is 4.38. The van der Waals surface area contributed by atoms with Gasteiger partial charge in [-0.3, -0.25) is 19.2 Å².